The lowest BCUT2D eigenvalue weighted by Gasteiger charge is -2.07. The van der Waals surface area contributed by atoms with Crippen molar-refractivity contribution >= 4 is 11.6 Å². The van der Waals surface area contributed by atoms with Gasteiger partial charge in [0.1, 0.15) is 11.4 Å². The van der Waals surface area contributed by atoms with Gasteiger partial charge in [-0.25, -0.2) is 0 Å². The highest BCUT2D eigenvalue weighted by Gasteiger charge is 2.10. The summed E-state index contributed by atoms with van der Waals surface area (Å²) >= 11 is 0. The molecule has 0 saturated carbocycles. The van der Waals surface area contributed by atoms with Crippen LogP contribution >= 0.6 is 0 Å². The number of aromatic amines is 1. The molecule has 6 nitrogen and oxygen atoms in total. The molecule has 23 heavy (non-hydrogen) atoms. The fourth-order valence-corrected chi connectivity index (χ4v) is 2.13. The van der Waals surface area contributed by atoms with E-state index in [1.807, 2.05) is 0 Å². The number of aromatic nitrogens is 2. The first-order valence-corrected chi connectivity index (χ1v) is 6.87. The molecule has 0 bridgehead atoms. The van der Waals surface area contributed by atoms with Crippen molar-refractivity contribution in [1.82, 2.24) is 9.97 Å². The van der Waals surface area contributed by atoms with E-state index in [0.29, 0.717) is 0 Å². The molecule has 0 fully saturated rings. The summed E-state index contributed by atoms with van der Waals surface area (Å²) in [5.74, 6) is -0.490. The monoisotopic (exact) mass is 307 g/mol. The Balaban J connectivity index is 1.91. The van der Waals surface area contributed by atoms with Gasteiger partial charge in [-0.1, -0.05) is 6.07 Å². The molecule has 6 heteroatoms. The number of nitrogens with zero attached hydrogens (tertiary/aromatic N) is 1. The first kappa shape index (κ1) is 14.5. The summed E-state index contributed by atoms with van der Waals surface area (Å²) in [6, 6.07) is 11.1. The second-order valence-electron chi connectivity index (χ2n) is 4.87. The van der Waals surface area contributed by atoms with E-state index in [1.54, 1.807) is 48.9 Å². The van der Waals surface area contributed by atoms with Crippen LogP contribution in [0.25, 0.3) is 11.1 Å². The topological polar surface area (TPSA) is 95.1 Å². The van der Waals surface area contributed by atoms with Crippen molar-refractivity contribution in [2.75, 3.05) is 5.32 Å². The molecule has 1 amide bonds. The van der Waals surface area contributed by atoms with Crippen LogP contribution in [0.15, 0.2) is 65.8 Å². The maximum Gasteiger partial charge on any atom is 0.271 e. The van der Waals surface area contributed by atoms with Crippen LogP contribution in [0, 0.1) is 0 Å². The van der Waals surface area contributed by atoms with Gasteiger partial charge in [0.15, 0.2) is 0 Å². The highest BCUT2D eigenvalue weighted by molar-refractivity contribution is 6.04. The maximum atomic E-state index is 12.2. The summed E-state index contributed by atoms with van der Waals surface area (Å²) in [5, 5.41) is 12.0. The molecule has 0 aliphatic rings. The zero-order valence-electron chi connectivity index (χ0n) is 12.0. The molecule has 0 atom stereocenters. The molecule has 3 aromatic rings. The average Bonchev–Trinajstić information content (AvgIpc) is 2.57. The van der Waals surface area contributed by atoms with Crippen molar-refractivity contribution in [3.63, 3.8) is 0 Å². The number of hydrogen-bond donors (Lipinski definition) is 3. The van der Waals surface area contributed by atoms with Crippen LogP contribution in [0.5, 0.6) is 5.75 Å². The molecule has 0 unspecified atom stereocenters. The van der Waals surface area contributed by atoms with Crippen LogP contribution in [0.4, 0.5) is 5.69 Å². The number of amides is 1. The SMILES string of the molecule is O=C(Nc1cc(-c2ccncc2)c[nH]c1=O)c1cccc(O)c1. The summed E-state index contributed by atoms with van der Waals surface area (Å²) in [6.45, 7) is 0. The number of benzene rings is 1. The summed E-state index contributed by atoms with van der Waals surface area (Å²) in [4.78, 5) is 30.6. The number of rotatable bonds is 3. The lowest BCUT2D eigenvalue weighted by Crippen LogP contribution is -2.19. The van der Waals surface area contributed by atoms with Crippen LogP contribution < -0.4 is 10.9 Å². The molecule has 0 spiro atoms. The third kappa shape index (κ3) is 3.26. The number of phenolic OH excluding ortho intramolecular Hbond substituents is 1. The van der Waals surface area contributed by atoms with Gasteiger partial charge in [-0.15, -0.1) is 0 Å². The zero-order chi connectivity index (χ0) is 16.2. The van der Waals surface area contributed by atoms with Gasteiger partial charge in [-0.2, -0.15) is 0 Å². The number of carbonyl (C=O) groups excluding carboxylic acids is 1. The van der Waals surface area contributed by atoms with Gasteiger partial charge in [-0.3, -0.25) is 14.6 Å². The fourth-order valence-electron chi connectivity index (χ4n) is 2.13. The Labute approximate surface area is 131 Å². The summed E-state index contributed by atoms with van der Waals surface area (Å²) in [6.07, 6.45) is 4.86. The van der Waals surface area contributed by atoms with Gasteiger partial charge in [-0.05, 0) is 42.0 Å². The lowest BCUT2D eigenvalue weighted by atomic mass is 10.1. The first-order chi connectivity index (χ1) is 11.1. The minimum atomic E-state index is -0.474. The molecule has 0 saturated heterocycles. The van der Waals surface area contributed by atoms with E-state index in [9.17, 15) is 14.7 Å². The molecule has 2 aromatic heterocycles. The molecular weight excluding hydrogens is 294 g/mol. The minimum absolute atomic E-state index is 0.0166. The van der Waals surface area contributed by atoms with E-state index < -0.39 is 11.5 Å². The van der Waals surface area contributed by atoms with Crippen LogP contribution in [-0.4, -0.2) is 21.0 Å². The number of aromatic hydroxyl groups is 1. The number of pyridine rings is 2. The highest BCUT2D eigenvalue weighted by atomic mass is 16.3. The van der Waals surface area contributed by atoms with E-state index in [-0.39, 0.29) is 17.0 Å². The van der Waals surface area contributed by atoms with Crippen LogP contribution in [0.3, 0.4) is 0 Å². The lowest BCUT2D eigenvalue weighted by molar-refractivity contribution is 0.102. The summed E-state index contributed by atoms with van der Waals surface area (Å²) < 4.78 is 0. The predicted molar refractivity (Wildman–Crippen MR) is 86.4 cm³/mol. The molecule has 2 heterocycles. The van der Waals surface area contributed by atoms with E-state index >= 15 is 0 Å². The third-order valence-corrected chi connectivity index (χ3v) is 3.27. The van der Waals surface area contributed by atoms with Crippen molar-refractivity contribution in [2.24, 2.45) is 0 Å². The molecular formula is C17H13N3O3. The Bertz CT molecular complexity index is 904. The molecule has 1 aromatic carbocycles. The summed E-state index contributed by atoms with van der Waals surface area (Å²) in [7, 11) is 0. The smallest absolute Gasteiger partial charge is 0.271 e. The average molecular weight is 307 g/mol. The predicted octanol–water partition coefficient (Wildman–Crippen LogP) is 2.39. The Morgan fingerprint density at radius 2 is 1.87 bits per heavy atom. The normalized spacial score (nSPS) is 10.3. The number of carbonyl (C=O) groups is 1. The maximum absolute atomic E-state index is 12.2. The minimum Gasteiger partial charge on any atom is -0.508 e. The van der Waals surface area contributed by atoms with Gasteiger partial charge < -0.3 is 15.4 Å². The Kier molecular flexibility index (Phi) is 3.88. The third-order valence-electron chi connectivity index (χ3n) is 3.27. The van der Waals surface area contributed by atoms with Gasteiger partial charge in [0.05, 0.1) is 0 Å². The van der Waals surface area contributed by atoms with Crippen LogP contribution in [-0.2, 0) is 0 Å². The Morgan fingerprint density at radius 1 is 1.09 bits per heavy atom. The highest BCUT2D eigenvalue weighted by Crippen LogP contribution is 2.19. The standard InChI is InChI=1S/C17H13N3O3/c21-14-3-1-2-12(8-14)16(22)20-15-9-13(10-19-17(15)23)11-4-6-18-7-5-11/h1-10,21H,(H,19,23)(H,20,22). The molecule has 114 valence electrons. The van der Waals surface area contributed by atoms with E-state index in [4.69, 9.17) is 0 Å². The second-order valence-corrected chi connectivity index (χ2v) is 4.87. The van der Waals surface area contributed by atoms with Gasteiger partial charge in [0.2, 0.25) is 0 Å². The number of hydrogen-bond acceptors (Lipinski definition) is 4. The van der Waals surface area contributed by atoms with E-state index in [0.717, 1.165) is 11.1 Å². The van der Waals surface area contributed by atoms with Crippen molar-refractivity contribution in [3.8, 4) is 16.9 Å². The van der Waals surface area contributed by atoms with Crippen molar-refractivity contribution in [2.45, 2.75) is 0 Å². The van der Waals surface area contributed by atoms with Gasteiger partial charge in [0, 0.05) is 29.7 Å². The number of anilines is 1. The van der Waals surface area contributed by atoms with Crippen molar-refractivity contribution < 1.29 is 9.90 Å². The molecule has 0 aliphatic heterocycles. The van der Waals surface area contributed by atoms with E-state index in [2.05, 4.69) is 15.3 Å². The fraction of sp³-hybridized carbons (Fsp3) is 0. The molecule has 0 aliphatic carbocycles. The van der Waals surface area contributed by atoms with Crippen molar-refractivity contribution in [3.05, 3.63) is 77.0 Å². The van der Waals surface area contributed by atoms with E-state index in [1.165, 1.54) is 12.1 Å². The molecule has 3 N–H and O–H groups in total. The number of phenols is 1. The molecule has 3 rings (SSSR count). The Morgan fingerprint density at radius 3 is 2.61 bits per heavy atom. The van der Waals surface area contributed by atoms with Gasteiger partial charge in [0.25, 0.3) is 11.5 Å². The second kappa shape index (κ2) is 6.15. The van der Waals surface area contributed by atoms with Crippen LogP contribution in [0.2, 0.25) is 0 Å². The Hall–Kier alpha value is -3.41. The quantitative estimate of drug-likeness (QED) is 0.692. The van der Waals surface area contributed by atoms with Crippen molar-refractivity contribution in [1.29, 1.82) is 0 Å². The van der Waals surface area contributed by atoms with Crippen LogP contribution in [0.1, 0.15) is 10.4 Å². The largest absolute Gasteiger partial charge is 0.508 e. The number of nitrogens with one attached hydrogen (secondary N) is 2. The first-order valence-electron chi connectivity index (χ1n) is 6.87. The number of H-pyrrole nitrogens is 1. The van der Waals surface area contributed by atoms with Gasteiger partial charge >= 0.3 is 0 Å². The summed E-state index contributed by atoms with van der Waals surface area (Å²) in [5.41, 5.74) is 1.60. The molecule has 0 radical (unpaired) electrons. The zero-order valence-corrected chi connectivity index (χ0v) is 12.0.